The molecule has 0 aliphatic rings. The molecule has 0 fully saturated rings. The summed E-state index contributed by atoms with van der Waals surface area (Å²) in [6.07, 6.45) is 0. The summed E-state index contributed by atoms with van der Waals surface area (Å²) >= 11 is 0. The average Bonchev–Trinajstić information content (AvgIpc) is 1.86. The molecule has 0 spiro atoms. The van der Waals surface area contributed by atoms with Gasteiger partial charge in [-0.05, 0) is 20.8 Å². The molecule has 2 N–H and O–H groups in total. The molecule has 72 valence electrons. The van der Waals surface area contributed by atoms with Gasteiger partial charge in [0.1, 0.15) is 4.75 Å². The van der Waals surface area contributed by atoms with E-state index < -0.39 is 20.9 Å². The molecule has 5 nitrogen and oxygen atoms in total. The molecular weight excluding hydrogens is 182 g/mol. The van der Waals surface area contributed by atoms with Crippen molar-refractivity contribution in [2.24, 2.45) is 5.73 Å². The lowest BCUT2D eigenvalue weighted by molar-refractivity contribution is -0.120. The summed E-state index contributed by atoms with van der Waals surface area (Å²) in [5.41, 5.74) is 5.41. The van der Waals surface area contributed by atoms with E-state index in [9.17, 15) is 13.2 Å². The summed E-state index contributed by atoms with van der Waals surface area (Å²) in [7, 11) is -3.90. The minimum Gasteiger partial charge on any atom is -0.348 e. The zero-order chi connectivity index (χ0) is 9.99. The van der Waals surface area contributed by atoms with E-state index in [1.807, 2.05) is 0 Å². The van der Waals surface area contributed by atoms with Crippen LogP contribution in [0.1, 0.15) is 20.8 Å². The zero-order valence-electron chi connectivity index (χ0n) is 7.27. The number of rotatable bonds is 4. The van der Waals surface area contributed by atoms with Crippen molar-refractivity contribution < 1.29 is 17.4 Å². The largest absolute Gasteiger partial charge is 0.348 e. The summed E-state index contributed by atoms with van der Waals surface area (Å²) in [4.78, 5) is 9.85. The first-order valence-electron chi connectivity index (χ1n) is 3.37. The van der Waals surface area contributed by atoms with Crippen LogP contribution in [0.5, 0.6) is 0 Å². The fourth-order valence-electron chi connectivity index (χ4n) is 0.403. The molecule has 1 atom stereocenters. The van der Waals surface area contributed by atoms with Crippen molar-refractivity contribution in [2.75, 3.05) is 0 Å². The van der Waals surface area contributed by atoms with Crippen LogP contribution in [-0.2, 0) is 19.1 Å². The van der Waals surface area contributed by atoms with Gasteiger partial charge in [0.05, 0.1) is 0 Å². The van der Waals surface area contributed by atoms with Crippen LogP contribution in [0.15, 0.2) is 0 Å². The summed E-state index contributed by atoms with van der Waals surface area (Å²) in [5.74, 6) is 0. The average molecular weight is 195 g/mol. The minimum atomic E-state index is -3.90. The number of carbonyl (C=O) groups excluding carboxylic acids is 1. The third-order valence-electron chi connectivity index (χ3n) is 1.91. The molecule has 12 heavy (non-hydrogen) atoms. The molecule has 1 unspecified atom stereocenters. The Labute approximate surface area is 72.0 Å². The van der Waals surface area contributed by atoms with Crippen molar-refractivity contribution >= 4 is 16.6 Å². The van der Waals surface area contributed by atoms with Crippen LogP contribution in [0.3, 0.4) is 0 Å². The molecule has 0 bridgehead atoms. The van der Waals surface area contributed by atoms with Crippen LogP contribution in [0, 0.1) is 0 Å². The van der Waals surface area contributed by atoms with Crippen LogP contribution in [-0.4, -0.2) is 25.7 Å². The van der Waals surface area contributed by atoms with Crippen molar-refractivity contribution in [1.29, 1.82) is 0 Å². The van der Waals surface area contributed by atoms with Crippen LogP contribution in [0.4, 0.5) is 0 Å². The van der Waals surface area contributed by atoms with Crippen LogP contribution in [0.2, 0.25) is 0 Å². The van der Waals surface area contributed by atoms with E-state index in [4.69, 9.17) is 5.73 Å². The molecule has 0 aromatic heterocycles. The fourth-order valence-corrected chi connectivity index (χ4v) is 1.21. The maximum Gasteiger partial charge on any atom is 0.318 e. The molecular formula is C6H13NO4S. The van der Waals surface area contributed by atoms with Crippen molar-refractivity contribution in [3.05, 3.63) is 0 Å². The Kier molecular flexibility index (Phi) is 3.23. The molecule has 0 saturated heterocycles. The van der Waals surface area contributed by atoms with Gasteiger partial charge in [-0.25, -0.2) is 0 Å². The standard InChI is InChI=1S/C6H13NO4S/c1-5(7)6(2,3)12(9,10)11-4-8/h4-5H,7H2,1-3H3. The van der Waals surface area contributed by atoms with Crippen molar-refractivity contribution in [3.8, 4) is 0 Å². The molecule has 0 aliphatic carbocycles. The second-order valence-corrected chi connectivity index (χ2v) is 5.19. The smallest absolute Gasteiger partial charge is 0.318 e. The van der Waals surface area contributed by atoms with Gasteiger partial charge >= 0.3 is 16.6 Å². The highest BCUT2D eigenvalue weighted by Gasteiger charge is 2.39. The van der Waals surface area contributed by atoms with E-state index in [2.05, 4.69) is 4.18 Å². The Hall–Kier alpha value is -0.620. The van der Waals surface area contributed by atoms with Crippen molar-refractivity contribution in [3.63, 3.8) is 0 Å². The van der Waals surface area contributed by atoms with E-state index >= 15 is 0 Å². The first-order valence-corrected chi connectivity index (χ1v) is 4.78. The SMILES string of the molecule is CC(N)C(C)(C)S(=O)(=O)OC=O. The van der Waals surface area contributed by atoms with Gasteiger partial charge in [-0.15, -0.1) is 0 Å². The maximum atomic E-state index is 11.2. The van der Waals surface area contributed by atoms with Crippen molar-refractivity contribution in [2.45, 2.75) is 31.6 Å². The second-order valence-electron chi connectivity index (χ2n) is 3.04. The lowest BCUT2D eigenvalue weighted by Gasteiger charge is -2.26. The number of hydrogen-bond acceptors (Lipinski definition) is 5. The van der Waals surface area contributed by atoms with Crippen LogP contribution in [0.25, 0.3) is 0 Å². The lowest BCUT2D eigenvalue weighted by atomic mass is 10.1. The van der Waals surface area contributed by atoms with Gasteiger partial charge in [0.2, 0.25) is 0 Å². The molecule has 0 aliphatic heterocycles. The van der Waals surface area contributed by atoms with Gasteiger partial charge in [0.25, 0.3) is 0 Å². The molecule has 0 saturated carbocycles. The predicted molar refractivity (Wildman–Crippen MR) is 43.8 cm³/mol. The van der Waals surface area contributed by atoms with Gasteiger partial charge in [-0.3, -0.25) is 4.79 Å². The van der Waals surface area contributed by atoms with Gasteiger partial charge in [-0.1, -0.05) is 0 Å². The molecule has 0 aromatic carbocycles. The first kappa shape index (κ1) is 11.4. The highest BCUT2D eigenvalue weighted by molar-refractivity contribution is 7.88. The van der Waals surface area contributed by atoms with E-state index in [0.29, 0.717) is 0 Å². The van der Waals surface area contributed by atoms with Crippen LogP contribution < -0.4 is 5.73 Å². The summed E-state index contributed by atoms with van der Waals surface area (Å²) in [5, 5.41) is 0. The third-order valence-corrected chi connectivity index (χ3v) is 3.90. The van der Waals surface area contributed by atoms with Gasteiger partial charge < -0.3 is 9.92 Å². The minimum absolute atomic E-state index is 0.112. The summed E-state index contributed by atoms with van der Waals surface area (Å²) < 4.78 is 25.0. The number of nitrogens with two attached hydrogens (primary N) is 1. The third kappa shape index (κ3) is 1.95. The van der Waals surface area contributed by atoms with Gasteiger partial charge in [0, 0.05) is 6.04 Å². The Morgan fingerprint density at radius 3 is 2.17 bits per heavy atom. The number of carbonyl (C=O) groups is 1. The molecule has 0 amide bonds. The summed E-state index contributed by atoms with van der Waals surface area (Å²) in [6.45, 7) is 4.22. The van der Waals surface area contributed by atoms with E-state index in [0.717, 1.165) is 0 Å². The predicted octanol–water partition coefficient (Wildman–Crippen LogP) is -0.385. The zero-order valence-corrected chi connectivity index (χ0v) is 8.09. The van der Waals surface area contributed by atoms with E-state index in [-0.39, 0.29) is 6.47 Å². The molecule has 6 heteroatoms. The highest BCUT2D eigenvalue weighted by atomic mass is 32.2. The molecule has 0 aromatic rings. The molecule has 0 radical (unpaired) electrons. The van der Waals surface area contributed by atoms with Gasteiger partial charge in [-0.2, -0.15) is 8.42 Å². The molecule has 0 heterocycles. The normalized spacial score (nSPS) is 15.3. The first-order chi connectivity index (χ1) is 5.25. The van der Waals surface area contributed by atoms with E-state index in [1.54, 1.807) is 0 Å². The fraction of sp³-hybridized carbons (Fsp3) is 0.833. The lowest BCUT2D eigenvalue weighted by Crippen LogP contribution is -2.47. The highest BCUT2D eigenvalue weighted by Crippen LogP contribution is 2.20. The van der Waals surface area contributed by atoms with Gasteiger partial charge in [0.15, 0.2) is 0 Å². The Bertz CT molecular complexity index is 255. The molecule has 0 rings (SSSR count). The van der Waals surface area contributed by atoms with E-state index in [1.165, 1.54) is 20.8 Å². The maximum absolute atomic E-state index is 11.2. The summed E-state index contributed by atoms with van der Waals surface area (Å²) in [6, 6.07) is -0.609. The topological polar surface area (TPSA) is 86.5 Å². The van der Waals surface area contributed by atoms with Crippen LogP contribution >= 0.6 is 0 Å². The Morgan fingerprint density at radius 1 is 1.50 bits per heavy atom. The number of hydrogen-bond donors (Lipinski definition) is 1. The van der Waals surface area contributed by atoms with Crippen molar-refractivity contribution in [1.82, 2.24) is 0 Å². The second kappa shape index (κ2) is 3.40. The quantitative estimate of drug-likeness (QED) is 0.488. The monoisotopic (exact) mass is 195 g/mol. The Balaban J connectivity index is 4.89. The Morgan fingerprint density at radius 2 is 1.92 bits per heavy atom.